The number of hydrogen-bond acceptors (Lipinski definition) is 5. The minimum Gasteiger partial charge on any atom is -0.494 e. The normalized spacial score (nSPS) is 11.8. The van der Waals surface area contributed by atoms with Crippen molar-refractivity contribution in [2.45, 2.75) is 30.8 Å². The summed E-state index contributed by atoms with van der Waals surface area (Å²) in [5.74, 6) is -1.15. The molecule has 0 bridgehead atoms. The number of ether oxygens (including phenoxy) is 1. The van der Waals surface area contributed by atoms with E-state index >= 15 is 0 Å². The molecule has 0 heterocycles. The second kappa shape index (κ2) is 14.9. The maximum Gasteiger partial charge on any atom is 0.264 e. The molecule has 0 spiro atoms. The first-order chi connectivity index (χ1) is 21.1. The highest BCUT2D eigenvalue weighted by Gasteiger charge is 2.34. The van der Waals surface area contributed by atoms with Crippen molar-refractivity contribution in [1.29, 1.82) is 0 Å². The quantitative estimate of drug-likeness (QED) is 0.210. The Kier molecular flexibility index (Phi) is 11.0. The van der Waals surface area contributed by atoms with Gasteiger partial charge in [0.2, 0.25) is 11.8 Å². The molecular weight excluding hydrogens is 605 g/mol. The molecule has 1 N–H and O–H groups in total. The zero-order chi connectivity index (χ0) is 31.7. The average molecular weight is 638 g/mol. The lowest BCUT2D eigenvalue weighted by molar-refractivity contribution is -0.139. The molecule has 0 unspecified atom stereocenters. The summed E-state index contributed by atoms with van der Waals surface area (Å²) < 4.78 is 48.3. The van der Waals surface area contributed by atoms with Crippen molar-refractivity contribution < 1.29 is 27.1 Å². The van der Waals surface area contributed by atoms with E-state index in [1.807, 2.05) is 37.3 Å². The van der Waals surface area contributed by atoms with Gasteiger partial charge in [-0.15, -0.1) is 0 Å². The molecule has 44 heavy (non-hydrogen) atoms. The molecular formula is C33H33ClFN3O5S. The van der Waals surface area contributed by atoms with Crippen molar-refractivity contribution in [3.05, 3.63) is 125 Å². The molecule has 0 fully saturated rings. The number of rotatable bonds is 13. The van der Waals surface area contributed by atoms with Gasteiger partial charge >= 0.3 is 0 Å². The summed E-state index contributed by atoms with van der Waals surface area (Å²) in [6.45, 7) is 1.53. The van der Waals surface area contributed by atoms with Crippen LogP contribution in [0.1, 0.15) is 18.1 Å². The van der Waals surface area contributed by atoms with Gasteiger partial charge < -0.3 is 15.0 Å². The number of amides is 2. The van der Waals surface area contributed by atoms with Crippen LogP contribution in [0.5, 0.6) is 5.75 Å². The molecule has 230 valence electrons. The van der Waals surface area contributed by atoms with E-state index < -0.39 is 40.2 Å². The predicted octanol–water partition coefficient (Wildman–Crippen LogP) is 5.46. The van der Waals surface area contributed by atoms with E-state index in [9.17, 15) is 22.4 Å². The van der Waals surface area contributed by atoms with Crippen LogP contribution in [0.15, 0.2) is 108 Å². The standard InChI is InChI=1S/C33H33ClFN3O5S/c1-3-43-29-16-18-30(19-17-29)44(41,42)38(28-14-12-27(35)13-15-28)23-32(39)37(22-25-10-7-11-26(34)20-25)31(33(40)36-2)21-24-8-5-4-6-9-24/h4-20,31H,3,21-23H2,1-2H3,(H,36,40)/t31-/m1/s1. The molecule has 11 heteroatoms. The number of benzene rings is 4. The van der Waals surface area contributed by atoms with Crippen LogP contribution in [0.4, 0.5) is 10.1 Å². The van der Waals surface area contributed by atoms with Gasteiger partial charge in [0, 0.05) is 25.0 Å². The summed E-state index contributed by atoms with van der Waals surface area (Å²) in [5, 5.41) is 3.08. The fourth-order valence-electron chi connectivity index (χ4n) is 4.69. The lowest BCUT2D eigenvalue weighted by Gasteiger charge is -2.33. The largest absolute Gasteiger partial charge is 0.494 e. The number of nitrogens with zero attached hydrogens (tertiary/aromatic N) is 2. The first-order valence-electron chi connectivity index (χ1n) is 13.9. The molecule has 4 aromatic carbocycles. The van der Waals surface area contributed by atoms with Crippen molar-refractivity contribution in [1.82, 2.24) is 10.2 Å². The highest BCUT2D eigenvalue weighted by atomic mass is 35.5. The fourth-order valence-corrected chi connectivity index (χ4v) is 6.32. The van der Waals surface area contributed by atoms with Crippen LogP contribution >= 0.6 is 11.6 Å². The van der Waals surface area contributed by atoms with Gasteiger partial charge in [-0.1, -0.05) is 54.1 Å². The average Bonchev–Trinajstić information content (AvgIpc) is 3.02. The lowest BCUT2D eigenvalue weighted by Crippen LogP contribution is -2.53. The van der Waals surface area contributed by atoms with Gasteiger partial charge in [0.25, 0.3) is 10.0 Å². The van der Waals surface area contributed by atoms with Crippen molar-refractivity contribution in [2.75, 3.05) is 24.5 Å². The van der Waals surface area contributed by atoms with Gasteiger partial charge in [-0.2, -0.15) is 0 Å². The monoisotopic (exact) mass is 637 g/mol. The predicted molar refractivity (Wildman–Crippen MR) is 169 cm³/mol. The number of halogens is 2. The number of sulfonamides is 1. The summed E-state index contributed by atoms with van der Waals surface area (Å²) in [6.07, 6.45) is 0.176. The molecule has 0 saturated carbocycles. The van der Waals surface area contributed by atoms with Gasteiger partial charge in [0.15, 0.2) is 0 Å². The molecule has 2 amide bonds. The van der Waals surface area contributed by atoms with Crippen LogP contribution in [0.2, 0.25) is 5.02 Å². The Morgan fingerprint density at radius 1 is 0.909 bits per heavy atom. The van der Waals surface area contributed by atoms with Gasteiger partial charge in [-0.3, -0.25) is 13.9 Å². The van der Waals surface area contributed by atoms with E-state index in [1.165, 1.54) is 48.3 Å². The summed E-state index contributed by atoms with van der Waals surface area (Å²) in [6, 6.07) is 25.7. The van der Waals surface area contributed by atoms with Crippen LogP contribution in [0.3, 0.4) is 0 Å². The minimum atomic E-state index is -4.33. The summed E-state index contributed by atoms with van der Waals surface area (Å²) in [5.41, 5.74) is 1.54. The highest BCUT2D eigenvalue weighted by molar-refractivity contribution is 7.92. The van der Waals surface area contributed by atoms with Crippen LogP contribution in [0.25, 0.3) is 0 Å². The van der Waals surface area contributed by atoms with Crippen LogP contribution in [0, 0.1) is 5.82 Å². The maximum absolute atomic E-state index is 14.3. The minimum absolute atomic E-state index is 0.0231. The zero-order valence-electron chi connectivity index (χ0n) is 24.3. The Morgan fingerprint density at radius 2 is 1.57 bits per heavy atom. The van der Waals surface area contributed by atoms with E-state index in [-0.39, 0.29) is 23.5 Å². The Labute approximate surface area is 262 Å². The first-order valence-corrected chi connectivity index (χ1v) is 15.7. The fraction of sp³-hybridized carbons (Fsp3) is 0.212. The van der Waals surface area contributed by atoms with Crippen LogP contribution < -0.4 is 14.4 Å². The topological polar surface area (TPSA) is 96.0 Å². The summed E-state index contributed by atoms with van der Waals surface area (Å²) in [4.78, 5) is 28.8. The molecule has 0 aliphatic heterocycles. The number of anilines is 1. The molecule has 0 aromatic heterocycles. The lowest BCUT2D eigenvalue weighted by atomic mass is 10.0. The van der Waals surface area contributed by atoms with Gasteiger partial charge in [0.05, 0.1) is 17.2 Å². The number of nitrogens with one attached hydrogen (secondary N) is 1. The van der Waals surface area contributed by atoms with E-state index in [1.54, 1.807) is 24.3 Å². The van der Waals surface area contributed by atoms with Crippen molar-refractivity contribution >= 4 is 39.1 Å². The van der Waals surface area contributed by atoms with Gasteiger partial charge in [-0.05, 0) is 78.7 Å². The second-order valence-corrected chi connectivity index (χ2v) is 12.2. The van der Waals surface area contributed by atoms with E-state index in [4.69, 9.17) is 16.3 Å². The van der Waals surface area contributed by atoms with Crippen LogP contribution in [-0.2, 0) is 32.6 Å². The molecule has 0 aliphatic carbocycles. The first kappa shape index (κ1) is 32.5. The SMILES string of the molecule is CCOc1ccc(S(=O)(=O)N(CC(=O)N(Cc2cccc(Cl)c2)[C@H](Cc2ccccc2)C(=O)NC)c2ccc(F)cc2)cc1. The van der Waals surface area contributed by atoms with E-state index in [2.05, 4.69) is 5.32 Å². The third kappa shape index (κ3) is 8.15. The molecule has 0 saturated heterocycles. The molecule has 0 aliphatic rings. The van der Waals surface area contributed by atoms with Gasteiger partial charge in [0.1, 0.15) is 24.2 Å². The Hall–Kier alpha value is -4.41. The highest BCUT2D eigenvalue weighted by Crippen LogP contribution is 2.27. The Balaban J connectivity index is 1.77. The molecule has 0 radical (unpaired) electrons. The van der Waals surface area contributed by atoms with Crippen molar-refractivity contribution in [3.8, 4) is 5.75 Å². The van der Waals surface area contributed by atoms with Crippen molar-refractivity contribution in [3.63, 3.8) is 0 Å². The zero-order valence-corrected chi connectivity index (χ0v) is 25.9. The number of carbonyl (C=O) groups is 2. The molecule has 4 aromatic rings. The molecule has 1 atom stereocenters. The molecule has 4 rings (SSSR count). The van der Waals surface area contributed by atoms with E-state index in [0.29, 0.717) is 22.9 Å². The second-order valence-electron chi connectivity index (χ2n) is 9.86. The number of likely N-dealkylation sites (N-methyl/N-ethyl adjacent to an activating group) is 1. The third-order valence-corrected chi connectivity index (χ3v) is 8.90. The van der Waals surface area contributed by atoms with Crippen molar-refractivity contribution in [2.24, 2.45) is 0 Å². The summed E-state index contributed by atoms with van der Waals surface area (Å²) >= 11 is 6.23. The summed E-state index contributed by atoms with van der Waals surface area (Å²) in [7, 11) is -2.86. The van der Waals surface area contributed by atoms with Gasteiger partial charge in [-0.25, -0.2) is 12.8 Å². The number of hydrogen-bond donors (Lipinski definition) is 1. The van der Waals surface area contributed by atoms with E-state index in [0.717, 1.165) is 22.0 Å². The third-order valence-electron chi connectivity index (χ3n) is 6.88. The molecule has 8 nitrogen and oxygen atoms in total. The van der Waals surface area contributed by atoms with Crippen LogP contribution in [-0.4, -0.2) is 51.4 Å². The smallest absolute Gasteiger partial charge is 0.264 e. The Bertz CT molecular complexity index is 1670. The number of carbonyl (C=O) groups excluding carboxylic acids is 2. The maximum atomic E-state index is 14.3. The Morgan fingerprint density at radius 3 is 2.18 bits per heavy atom.